The van der Waals surface area contributed by atoms with Gasteiger partial charge in [0, 0.05) is 23.6 Å². The number of nitrogens with zero attached hydrogens (tertiary/aromatic N) is 1. The molecule has 6 nitrogen and oxygen atoms in total. The zero-order chi connectivity index (χ0) is 17.4. The normalized spacial score (nSPS) is 10.2. The average molecular weight is 346 g/mol. The molecule has 0 saturated carbocycles. The summed E-state index contributed by atoms with van der Waals surface area (Å²) in [5.41, 5.74) is 0.0306. The number of hydrogen-bond donors (Lipinski definition) is 1. The van der Waals surface area contributed by atoms with Gasteiger partial charge in [-0.2, -0.15) is 0 Å². The zero-order valence-corrected chi connectivity index (χ0v) is 14.0. The lowest BCUT2D eigenvalue weighted by Gasteiger charge is -2.09. The fraction of sp³-hybridized carbons (Fsp3) is 0.235. The molecule has 0 aromatic heterocycles. The van der Waals surface area contributed by atoms with Gasteiger partial charge in [0.15, 0.2) is 0 Å². The zero-order valence-electron chi connectivity index (χ0n) is 13.2. The quantitative estimate of drug-likeness (QED) is 0.342. The van der Waals surface area contributed by atoms with Gasteiger partial charge in [-0.1, -0.05) is 18.2 Å². The Morgan fingerprint density at radius 1 is 1.25 bits per heavy atom. The van der Waals surface area contributed by atoms with Crippen molar-refractivity contribution in [2.45, 2.75) is 11.3 Å². The standard InChI is InChI=1S/C17H18N2O4S/c1-23-16-9-8-13(19(21)22)12-15(16)17(20)18-10-5-11-24-14-6-3-2-4-7-14/h2-4,6-9,12H,5,10-11H2,1H3,(H,18,20). The molecule has 0 unspecified atom stereocenters. The number of amides is 1. The summed E-state index contributed by atoms with van der Waals surface area (Å²) in [4.78, 5) is 23.7. The molecule has 2 aromatic carbocycles. The number of hydrogen-bond acceptors (Lipinski definition) is 5. The Balaban J connectivity index is 1.85. The van der Waals surface area contributed by atoms with E-state index >= 15 is 0 Å². The summed E-state index contributed by atoms with van der Waals surface area (Å²) in [6.07, 6.45) is 0.794. The van der Waals surface area contributed by atoms with Crippen molar-refractivity contribution in [3.8, 4) is 5.75 Å². The van der Waals surface area contributed by atoms with E-state index in [0.29, 0.717) is 12.3 Å². The van der Waals surface area contributed by atoms with E-state index in [2.05, 4.69) is 5.32 Å². The van der Waals surface area contributed by atoms with Gasteiger partial charge in [-0.25, -0.2) is 0 Å². The molecule has 2 rings (SSSR count). The highest BCUT2D eigenvalue weighted by atomic mass is 32.2. The number of methoxy groups -OCH3 is 1. The van der Waals surface area contributed by atoms with Gasteiger partial charge in [-0.15, -0.1) is 11.8 Å². The molecule has 1 amide bonds. The molecule has 0 radical (unpaired) electrons. The number of benzene rings is 2. The maximum atomic E-state index is 12.2. The Morgan fingerprint density at radius 3 is 2.67 bits per heavy atom. The summed E-state index contributed by atoms with van der Waals surface area (Å²) in [6, 6.07) is 14.0. The Labute approximate surface area is 144 Å². The molecule has 126 valence electrons. The van der Waals surface area contributed by atoms with Gasteiger partial charge in [0.2, 0.25) is 0 Å². The van der Waals surface area contributed by atoms with E-state index in [0.717, 1.165) is 12.2 Å². The molecule has 0 fully saturated rings. The van der Waals surface area contributed by atoms with Crippen molar-refractivity contribution in [1.29, 1.82) is 0 Å². The van der Waals surface area contributed by atoms with Crippen molar-refractivity contribution < 1.29 is 14.5 Å². The van der Waals surface area contributed by atoms with Crippen LogP contribution in [-0.4, -0.2) is 30.2 Å². The molecule has 0 heterocycles. The molecule has 0 aliphatic heterocycles. The molecule has 0 aliphatic rings. The van der Waals surface area contributed by atoms with Crippen LogP contribution in [0.15, 0.2) is 53.4 Å². The number of thioether (sulfide) groups is 1. The lowest BCUT2D eigenvalue weighted by Crippen LogP contribution is -2.25. The predicted octanol–water partition coefficient (Wildman–Crippen LogP) is 3.52. The van der Waals surface area contributed by atoms with Crippen molar-refractivity contribution in [2.24, 2.45) is 0 Å². The Morgan fingerprint density at radius 2 is 2.00 bits per heavy atom. The Bertz CT molecular complexity index is 707. The first-order valence-electron chi connectivity index (χ1n) is 7.40. The van der Waals surface area contributed by atoms with E-state index in [1.807, 2.05) is 30.3 Å². The molecule has 0 spiro atoms. The van der Waals surface area contributed by atoms with Crippen molar-refractivity contribution >= 4 is 23.4 Å². The third-order valence-electron chi connectivity index (χ3n) is 3.26. The largest absolute Gasteiger partial charge is 0.496 e. The third kappa shape index (κ3) is 4.99. The van der Waals surface area contributed by atoms with Crippen molar-refractivity contribution in [3.05, 3.63) is 64.2 Å². The summed E-state index contributed by atoms with van der Waals surface area (Å²) >= 11 is 1.72. The van der Waals surface area contributed by atoms with E-state index in [9.17, 15) is 14.9 Å². The summed E-state index contributed by atoms with van der Waals surface area (Å²) in [5, 5.41) is 13.6. The highest BCUT2D eigenvalue weighted by Gasteiger charge is 2.17. The number of rotatable bonds is 8. The second-order valence-electron chi connectivity index (χ2n) is 4.91. The number of nitro benzene ring substituents is 1. The van der Waals surface area contributed by atoms with Crippen LogP contribution in [-0.2, 0) is 0 Å². The highest BCUT2D eigenvalue weighted by Crippen LogP contribution is 2.24. The van der Waals surface area contributed by atoms with Crippen LogP contribution in [0.2, 0.25) is 0 Å². The predicted molar refractivity (Wildman–Crippen MR) is 93.8 cm³/mol. The fourth-order valence-corrected chi connectivity index (χ4v) is 2.94. The van der Waals surface area contributed by atoms with Crippen LogP contribution >= 0.6 is 11.8 Å². The molecular weight excluding hydrogens is 328 g/mol. The van der Waals surface area contributed by atoms with Gasteiger partial charge in [0.1, 0.15) is 5.75 Å². The minimum Gasteiger partial charge on any atom is -0.496 e. The molecule has 2 aromatic rings. The SMILES string of the molecule is COc1ccc([N+](=O)[O-])cc1C(=O)NCCCSc1ccccc1. The lowest BCUT2D eigenvalue weighted by atomic mass is 10.1. The topological polar surface area (TPSA) is 81.5 Å². The van der Waals surface area contributed by atoms with Crippen molar-refractivity contribution in [2.75, 3.05) is 19.4 Å². The molecule has 0 atom stereocenters. The molecule has 1 N–H and O–H groups in total. The number of ether oxygens (including phenoxy) is 1. The number of non-ortho nitro benzene ring substituents is 1. The summed E-state index contributed by atoms with van der Waals surface area (Å²) < 4.78 is 5.10. The van der Waals surface area contributed by atoms with Crippen LogP contribution in [0.25, 0.3) is 0 Å². The van der Waals surface area contributed by atoms with Gasteiger partial charge in [0.25, 0.3) is 11.6 Å². The maximum Gasteiger partial charge on any atom is 0.270 e. The molecule has 7 heteroatoms. The van der Waals surface area contributed by atoms with E-state index in [-0.39, 0.29) is 17.2 Å². The van der Waals surface area contributed by atoms with Crippen molar-refractivity contribution in [3.63, 3.8) is 0 Å². The van der Waals surface area contributed by atoms with E-state index in [1.165, 1.54) is 30.2 Å². The molecule has 0 saturated heterocycles. The van der Waals surface area contributed by atoms with E-state index in [4.69, 9.17) is 4.74 Å². The minimum atomic E-state index is -0.535. The van der Waals surface area contributed by atoms with Gasteiger partial charge in [0.05, 0.1) is 17.6 Å². The van der Waals surface area contributed by atoms with Crippen LogP contribution in [0, 0.1) is 10.1 Å². The average Bonchev–Trinajstić information content (AvgIpc) is 2.61. The van der Waals surface area contributed by atoms with E-state index < -0.39 is 4.92 Å². The second-order valence-corrected chi connectivity index (χ2v) is 6.08. The smallest absolute Gasteiger partial charge is 0.270 e. The molecule has 0 bridgehead atoms. The molecular formula is C17H18N2O4S. The van der Waals surface area contributed by atoms with E-state index in [1.54, 1.807) is 11.8 Å². The van der Waals surface area contributed by atoms with Crippen molar-refractivity contribution in [1.82, 2.24) is 5.32 Å². The number of nitrogens with one attached hydrogen (secondary N) is 1. The van der Waals surface area contributed by atoms with Gasteiger partial charge >= 0.3 is 0 Å². The monoisotopic (exact) mass is 346 g/mol. The summed E-state index contributed by atoms with van der Waals surface area (Å²) in [7, 11) is 1.43. The molecule has 24 heavy (non-hydrogen) atoms. The Kier molecular flexibility index (Phi) is 6.62. The first kappa shape index (κ1) is 17.8. The highest BCUT2D eigenvalue weighted by molar-refractivity contribution is 7.99. The summed E-state index contributed by atoms with van der Waals surface area (Å²) in [6.45, 7) is 0.491. The fourth-order valence-electron chi connectivity index (χ4n) is 2.06. The first-order chi connectivity index (χ1) is 11.6. The van der Waals surface area contributed by atoms with Crippen LogP contribution in [0.4, 0.5) is 5.69 Å². The Hall–Kier alpha value is -2.54. The van der Waals surface area contributed by atoms with Crippen LogP contribution in [0.5, 0.6) is 5.75 Å². The number of nitro groups is 1. The number of carbonyl (C=O) groups excluding carboxylic acids is 1. The van der Waals surface area contributed by atoms with Gasteiger partial charge in [-0.3, -0.25) is 14.9 Å². The summed E-state index contributed by atoms with van der Waals surface area (Å²) in [5.74, 6) is 0.813. The van der Waals surface area contributed by atoms with Crippen LogP contribution < -0.4 is 10.1 Å². The maximum absolute atomic E-state index is 12.2. The van der Waals surface area contributed by atoms with Gasteiger partial charge < -0.3 is 10.1 Å². The third-order valence-corrected chi connectivity index (χ3v) is 4.36. The second kappa shape index (κ2) is 8.93. The van der Waals surface area contributed by atoms with Crippen LogP contribution in [0.3, 0.4) is 0 Å². The molecule has 0 aliphatic carbocycles. The first-order valence-corrected chi connectivity index (χ1v) is 8.39. The van der Waals surface area contributed by atoms with Crippen LogP contribution in [0.1, 0.15) is 16.8 Å². The lowest BCUT2D eigenvalue weighted by molar-refractivity contribution is -0.384. The number of carbonyl (C=O) groups is 1. The minimum absolute atomic E-state index is 0.138. The van der Waals surface area contributed by atoms with Gasteiger partial charge in [-0.05, 0) is 30.4 Å².